The standard InChI is InChI=1S/C12H22O4.C2H6O2/c1-15-11(13)9-7-5-3-4-6-8-10-12(14)16-2;3-1-2-4/h3-10H2,1-2H3;3-4H,1-2H2. The van der Waals surface area contributed by atoms with Gasteiger partial charge in [0.1, 0.15) is 0 Å². The van der Waals surface area contributed by atoms with Gasteiger partial charge in [0.15, 0.2) is 0 Å². The van der Waals surface area contributed by atoms with Gasteiger partial charge >= 0.3 is 11.9 Å². The van der Waals surface area contributed by atoms with E-state index < -0.39 is 0 Å². The van der Waals surface area contributed by atoms with Gasteiger partial charge in [-0.3, -0.25) is 9.59 Å². The number of carbonyl (C=O) groups excluding carboxylic acids is 2. The lowest BCUT2D eigenvalue weighted by Gasteiger charge is -2.01. The second-order valence-electron chi connectivity index (χ2n) is 4.22. The summed E-state index contributed by atoms with van der Waals surface area (Å²) in [5, 5.41) is 15.2. The van der Waals surface area contributed by atoms with Crippen LogP contribution in [0.5, 0.6) is 0 Å². The maximum absolute atomic E-state index is 10.8. The number of ether oxygens (including phenoxy) is 2. The highest BCUT2D eigenvalue weighted by molar-refractivity contribution is 5.69. The Hall–Kier alpha value is -1.14. The number of methoxy groups -OCH3 is 2. The van der Waals surface area contributed by atoms with Crippen molar-refractivity contribution >= 4 is 11.9 Å². The summed E-state index contributed by atoms with van der Waals surface area (Å²) in [4.78, 5) is 21.6. The molecule has 120 valence electrons. The highest BCUT2D eigenvalue weighted by atomic mass is 16.5. The van der Waals surface area contributed by atoms with Gasteiger partial charge in [-0.1, -0.05) is 25.7 Å². The minimum absolute atomic E-state index is 0.125. The summed E-state index contributed by atoms with van der Waals surface area (Å²) in [6.45, 7) is -0.250. The molecule has 0 aliphatic carbocycles. The Balaban J connectivity index is 0. The highest BCUT2D eigenvalue weighted by Crippen LogP contribution is 2.09. The first-order valence-electron chi connectivity index (χ1n) is 6.97. The average molecular weight is 292 g/mol. The van der Waals surface area contributed by atoms with E-state index in [2.05, 4.69) is 9.47 Å². The van der Waals surface area contributed by atoms with Crippen molar-refractivity contribution in [3.8, 4) is 0 Å². The van der Waals surface area contributed by atoms with E-state index in [4.69, 9.17) is 10.2 Å². The van der Waals surface area contributed by atoms with E-state index in [0.717, 1.165) is 38.5 Å². The van der Waals surface area contributed by atoms with Crippen LogP contribution < -0.4 is 0 Å². The summed E-state index contributed by atoms with van der Waals surface area (Å²) in [6, 6.07) is 0. The molecule has 0 spiro atoms. The largest absolute Gasteiger partial charge is 0.469 e. The lowest BCUT2D eigenvalue weighted by Crippen LogP contribution is -1.99. The second-order valence-corrected chi connectivity index (χ2v) is 4.22. The first kappa shape index (κ1) is 21.2. The molecule has 0 fully saturated rings. The molecule has 6 heteroatoms. The van der Waals surface area contributed by atoms with E-state index in [0.29, 0.717) is 12.8 Å². The van der Waals surface area contributed by atoms with E-state index in [1.54, 1.807) is 0 Å². The predicted octanol–water partition coefficient (Wildman–Crippen LogP) is 1.42. The van der Waals surface area contributed by atoms with Crippen molar-refractivity contribution in [2.45, 2.75) is 51.4 Å². The fourth-order valence-electron chi connectivity index (χ4n) is 1.45. The molecule has 0 aromatic heterocycles. The van der Waals surface area contributed by atoms with Gasteiger partial charge in [-0.15, -0.1) is 0 Å². The van der Waals surface area contributed by atoms with Crippen LogP contribution in [-0.4, -0.2) is 49.6 Å². The third-order valence-corrected chi connectivity index (χ3v) is 2.57. The Morgan fingerprint density at radius 3 is 1.25 bits per heavy atom. The molecule has 0 aromatic carbocycles. The third kappa shape index (κ3) is 19.2. The average Bonchev–Trinajstić information content (AvgIpc) is 2.49. The zero-order valence-corrected chi connectivity index (χ0v) is 12.6. The number of esters is 2. The van der Waals surface area contributed by atoms with Gasteiger partial charge in [0.05, 0.1) is 27.4 Å². The van der Waals surface area contributed by atoms with E-state index in [-0.39, 0.29) is 25.2 Å². The summed E-state index contributed by atoms with van der Waals surface area (Å²) in [6.07, 6.45) is 7.13. The van der Waals surface area contributed by atoms with Crippen LogP contribution in [0.15, 0.2) is 0 Å². The minimum atomic E-state index is -0.134. The molecule has 0 radical (unpaired) electrons. The van der Waals surface area contributed by atoms with Crippen LogP contribution in [-0.2, 0) is 19.1 Å². The SMILES string of the molecule is COC(=O)CCCCCCCCC(=O)OC.OCCO. The summed E-state index contributed by atoms with van der Waals surface area (Å²) in [5.74, 6) is -0.267. The lowest BCUT2D eigenvalue weighted by atomic mass is 10.1. The van der Waals surface area contributed by atoms with Crippen molar-refractivity contribution in [2.24, 2.45) is 0 Å². The third-order valence-electron chi connectivity index (χ3n) is 2.57. The van der Waals surface area contributed by atoms with Crippen LogP contribution in [0.25, 0.3) is 0 Å². The van der Waals surface area contributed by atoms with Gasteiger partial charge in [0.2, 0.25) is 0 Å². The molecule has 0 saturated carbocycles. The molecular weight excluding hydrogens is 264 g/mol. The van der Waals surface area contributed by atoms with E-state index in [1.807, 2.05) is 0 Å². The molecule has 0 saturated heterocycles. The first-order valence-corrected chi connectivity index (χ1v) is 6.97. The zero-order valence-electron chi connectivity index (χ0n) is 12.6. The molecule has 0 bridgehead atoms. The quantitative estimate of drug-likeness (QED) is 0.467. The number of aliphatic hydroxyl groups is 2. The van der Waals surface area contributed by atoms with Crippen LogP contribution >= 0.6 is 0 Å². The van der Waals surface area contributed by atoms with E-state index >= 15 is 0 Å². The molecular formula is C14H28O6. The summed E-state index contributed by atoms with van der Waals surface area (Å²) in [7, 11) is 2.82. The van der Waals surface area contributed by atoms with Crippen LogP contribution in [0.1, 0.15) is 51.4 Å². The zero-order chi connectivity index (χ0) is 15.6. The van der Waals surface area contributed by atoms with Crippen LogP contribution in [0.3, 0.4) is 0 Å². The molecule has 0 amide bonds. The Labute approximate surface area is 121 Å². The minimum Gasteiger partial charge on any atom is -0.469 e. The van der Waals surface area contributed by atoms with Crippen molar-refractivity contribution < 1.29 is 29.3 Å². The molecule has 6 nitrogen and oxygen atoms in total. The van der Waals surface area contributed by atoms with E-state index in [1.165, 1.54) is 14.2 Å². The predicted molar refractivity (Wildman–Crippen MR) is 75.1 cm³/mol. The summed E-state index contributed by atoms with van der Waals surface area (Å²) >= 11 is 0. The van der Waals surface area contributed by atoms with Gasteiger partial charge in [0, 0.05) is 12.8 Å². The molecule has 2 N–H and O–H groups in total. The highest BCUT2D eigenvalue weighted by Gasteiger charge is 2.00. The molecule has 0 aliphatic heterocycles. The van der Waals surface area contributed by atoms with Crippen LogP contribution in [0.4, 0.5) is 0 Å². The Morgan fingerprint density at radius 1 is 0.700 bits per heavy atom. The second kappa shape index (κ2) is 17.9. The molecule has 0 aliphatic rings. The smallest absolute Gasteiger partial charge is 0.305 e. The van der Waals surface area contributed by atoms with E-state index in [9.17, 15) is 9.59 Å². The first-order chi connectivity index (χ1) is 9.62. The fraction of sp³-hybridized carbons (Fsp3) is 0.857. The van der Waals surface area contributed by atoms with Gasteiger partial charge in [-0.25, -0.2) is 0 Å². The van der Waals surface area contributed by atoms with Crippen LogP contribution in [0.2, 0.25) is 0 Å². The molecule has 0 heterocycles. The van der Waals surface area contributed by atoms with Gasteiger partial charge in [0.25, 0.3) is 0 Å². The maximum Gasteiger partial charge on any atom is 0.305 e. The maximum atomic E-state index is 10.8. The topological polar surface area (TPSA) is 93.1 Å². The molecule has 0 unspecified atom stereocenters. The Bertz CT molecular complexity index is 206. The van der Waals surface area contributed by atoms with Gasteiger partial charge in [-0.05, 0) is 12.8 Å². The number of unbranched alkanes of at least 4 members (excludes halogenated alkanes) is 5. The number of rotatable bonds is 10. The van der Waals surface area contributed by atoms with Crippen LogP contribution in [0, 0.1) is 0 Å². The molecule has 0 aromatic rings. The van der Waals surface area contributed by atoms with Gasteiger partial charge in [-0.2, -0.15) is 0 Å². The number of aliphatic hydroxyl groups excluding tert-OH is 2. The summed E-state index contributed by atoms with van der Waals surface area (Å²) < 4.78 is 9.09. The summed E-state index contributed by atoms with van der Waals surface area (Å²) in [5.41, 5.74) is 0. The number of carbonyl (C=O) groups is 2. The Morgan fingerprint density at radius 2 is 1.00 bits per heavy atom. The van der Waals surface area contributed by atoms with Crippen molar-refractivity contribution in [1.29, 1.82) is 0 Å². The van der Waals surface area contributed by atoms with Crippen molar-refractivity contribution in [1.82, 2.24) is 0 Å². The number of hydrogen-bond donors (Lipinski definition) is 2. The number of hydrogen-bond acceptors (Lipinski definition) is 6. The normalized spacial score (nSPS) is 9.40. The van der Waals surface area contributed by atoms with Crippen molar-refractivity contribution in [3.05, 3.63) is 0 Å². The lowest BCUT2D eigenvalue weighted by molar-refractivity contribution is -0.141. The van der Waals surface area contributed by atoms with Gasteiger partial charge < -0.3 is 19.7 Å². The molecule has 0 rings (SSSR count). The molecule has 0 atom stereocenters. The fourth-order valence-corrected chi connectivity index (χ4v) is 1.45. The monoisotopic (exact) mass is 292 g/mol. The van der Waals surface area contributed by atoms with Crippen molar-refractivity contribution in [2.75, 3.05) is 27.4 Å². The molecule has 20 heavy (non-hydrogen) atoms. The Kier molecular flexibility index (Phi) is 18.9. The van der Waals surface area contributed by atoms with Crippen molar-refractivity contribution in [3.63, 3.8) is 0 Å².